The van der Waals surface area contributed by atoms with Crippen molar-refractivity contribution in [3.05, 3.63) is 47.2 Å². The summed E-state index contributed by atoms with van der Waals surface area (Å²) in [7, 11) is 0. The first kappa shape index (κ1) is 14.0. The Kier molecular flexibility index (Phi) is 3.66. The van der Waals surface area contributed by atoms with Gasteiger partial charge in [0.05, 0.1) is 11.7 Å². The summed E-state index contributed by atoms with van der Waals surface area (Å²) in [5.41, 5.74) is 1.35. The fourth-order valence-electron chi connectivity index (χ4n) is 2.85. The van der Waals surface area contributed by atoms with Gasteiger partial charge in [0, 0.05) is 18.2 Å². The summed E-state index contributed by atoms with van der Waals surface area (Å²) in [5.74, 6) is 0.591. The van der Waals surface area contributed by atoms with Crippen molar-refractivity contribution in [1.29, 1.82) is 0 Å². The zero-order valence-electron chi connectivity index (χ0n) is 12.2. The maximum Gasteiger partial charge on any atom is 0.128 e. The Morgan fingerprint density at radius 1 is 1.33 bits per heavy atom. The predicted octanol–water partition coefficient (Wildman–Crippen LogP) is 3.76. The first-order valence-corrected chi connectivity index (χ1v) is 7.32. The van der Waals surface area contributed by atoms with Gasteiger partial charge in [-0.3, -0.25) is 0 Å². The lowest BCUT2D eigenvalue weighted by molar-refractivity contribution is 0.449. The van der Waals surface area contributed by atoms with Crippen LogP contribution in [-0.4, -0.2) is 16.3 Å². The van der Waals surface area contributed by atoms with Crippen LogP contribution in [0, 0.1) is 17.6 Å². The van der Waals surface area contributed by atoms with E-state index in [0.717, 1.165) is 30.5 Å². The Bertz CT molecular complexity index is 649. The third kappa shape index (κ3) is 2.77. The van der Waals surface area contributed by atoms with E-state index in [9.17, 15) is 8.78 Å². The molecule has 112 valence electrons. The van der Waals surface area contributed by atoms with Crippen molar-refractivity contribution in [2.24, 2.45) is 5.92 Å². The molecule has 0 spiro atoms. The number of nitrogens with zero attached hydrogens (tertiary/aromatic N) is 2. The van der Waals surface area contributed by atoms with Crippen molar-refractivity contribution in [3.8, 4) is 0 Å². The van der Waals surface area contributed by atoms with Crippen LogP contribution in [-0.2, 0) is 6.42 Å². The van der Waals surface area contributed by atoms with Gasteiger partial charge in [0.2, 0.25) is 0 Å². The second-order valence-electron chi connectivity index (χ2n) is 5.96. The molecule has 0 bridgehead atoms. The summed E-state index contributed by atoms with van der Waals surface area (Å²) in [6, 6.07) is 5.36. The normalized spacial score (nSPS) is 17.7. The lowest BCUT2D eigenvalue weighted by Gasteiger charge is -2.26. The number of anilines is 1. The lowest BCUT2D eigenvalue weighted by atomic mass is 10.0. The average molecular weight is 291 g/mol. The fourth-order valence-corrected chi connectivity index (χ4v) is 2.85. The van der Waals surface area contributed by atoms with E-state index in [1.807, 2.05) is 6.07 Å². The molecular formula is C16H19F2N3. The van der Waals surface area contributed by atoms with Gasteiger partial charge in [-0.2, -0.15) is 5.10 Å². The minimum Gasteiger partial charge on any atom is -0.370 e. The first-order valence-electron chi connectivity index (χ1n) is 7.32. The van der Waals surface area contributed by atoms with Crippen LogP contribution in [0.5, 0.6) is 0 Å². The smallest absolute Gasteiger partial charge is 0.128 e. The van der Waals surface area contributed by atoms with Crippen molar-refractivity contribution in [1.82, 2.24) is 9.78 Å². The molecule has 0 radical (unpaired) electrons. The molecule has 1 aliphatic heterocycles. The monoisotopic (exact) mass is 291 g/mol. The van der Waals surface area contributed by atoms with Crippen LogP contribution in [0.15, 0.2) is 24.3 Å². The average Bonchev–Trinajstić information content (AvgIpc) is 2.82. The quantitative estimate of drug-likeness (QED) is 0.933. The molecule has 0 saturated carbocycles. The second-order valence-corrected chi connectivity index (χ2v) is 5.96. The third-order valence-corrected chi connectivity index (χ3v) is 3.74. The molecule has 21 heavy (non-hydrogen) atoms. The summed E-state index contributed by atoms with van der Waals surface area (Å²) in [4.78, 5) is 0. The van der Waals surface area contributed by atoms with Gasteiger partial charge in [-0.1, -0.05) is 13.8 Å². The van der Waals surface area contributed by atoms with Crippen molar-refractivity contribution in [2.45, 2.75) is 32.7 Å². The van der Waals surface area contributed by atoms with Gasteiger partial charge in [-0.15, -0.1) is 0 Å². The highest BCUT2D eigenvalue weighted by Gasteiger charge is 2.25. The van der Waals surface area contributed by atoms with E-state index < -0.39 is 5.82 Å². The molecular weight excluding hydrogens is 272 g/mol. The standard InChI is InChI=1S/C16H19F2N3/c1-10(2)7-12-9-16-19-6-5-15(21(16)20-12)13-8-11(17)3-4-14(13)18/h3-4,8-10,15,19H,5-7H2,1-2H3. The fraction of sp³-hybridized carbons (Fsp3) is 0.438. The van der Waals surface area contributed by atoms with Crippen LogP contribution < -0.4 is 5.32 Å². The minimum atomic E-state index is -0.416. The highest BCUT2D eigenvalue weighted by molar-refractivity contribution is 5.41. The van der Waals surface area contributed by atoms with E-state index in [-0.39, 0.29) is 11.9 Å². The predicted molar refractivity (Wildman–Crippen MR) is 78.4 cm³/mol. The molecule has 0 saturated heterocycles. The SMILES string of the molecule is CC(C)Cc1cc2n(n1)C(c1cc(F)ccc1F)CCN2. The Hall–Kier alpha value is -1.91. The molecule has 1 aromatic carbocycles. The van der Waals surface area contributed by atoms with E-state index >= 15 is 0 Å². The largest absolute Gasteiger partial charge is 0.370 e. The maximum atomic E-state index is 14.0. The number of nitrogens with one attached hydrogen (secondary N) is 1. The molecule has 1 aromatic heterocycles. The third-order valence-electron chi connectivity index (χ3n) is 3.74. The number of benzene rings is 1. The molecule has 3 rings (SSSR count). The molecule has 0 amide bonds. The van der Waals surface area contributed by atoms with Gasteiger partial charge < -0.3 is 5.32 Å². The van der Waals surface area contributed by atoms with Gasteiger partial charge >= 0.3 is 0 Å². The Morgan fingerprint density at radius 3 is 2.90 bits per heavy atom. The summed E-state index contributed by atoms with van der Waals surface area (Å²) in [6.45, 7) is 5.00. The molecule has 0 fully saturated rings. The van der Waals surface area contributed by atoms with Crippen molar-refractivity contribution >= 4 is 5.82 Å². The Labute approximate surface area is 123 Å². The van der Waals surface area contributed by atoms with Gasteiger partial charge in [-0.25, -0.2) is 13.5 Å². The first-order chi connectivity index (χ1) is 10.0. The number of aromatic nitrogens is 2. The van der Waals surface area contributed by atoms with Crippen molar-refractivity contribution < 1.29 is 8.78 Å². The van der Waals surface area contributed by atoms with E-state index in [4.69, 9.17) is 0 Å². The van der Waals surface area contributed by atoms with Gasteiger partial charge in [0.25, 0.3) is 0 Å². The molecule has 2 heterocycles. The summed E-state index contributed by atoms with van der Waals surface area (Å²) in [6.07, 6.45) is 1.57. The second kappa shape index (κ2) is 5.47. The van der Waals surface area contributed by atoms with Crippen LogP contribution in [0.1, 0.15) is 37.6 Å². The number of fused-ring (bicyclic) bond motifs is 1. The molecule has 0 aliphatic carbocycles. The van der Waals surface area contributed by atoms with Gasteiger partial charge in [0.15, 0.2) is 0 Å². The molecule has 1 unspecified atom stereocenters. The zero-order chi connectivity index (χ0) is 15.0. The highest BCUT2D eigenvalue weighted by Crippen LogP contribution is 2.32. The lowest BCUT2D eigenvalue weighted by Crippen LogP contribution is -2.25. The van der Waals surface area contributed by atoms with Crippen molar-refractivity contribution in [2.75, 3.05) is 11.9 Å². The van der Waals surface area contributed by atoms with E-state index in [1.54, 1.807) is 4.68 Å². The van der Waals surface area contributed by atoms with Gasteiger partial charge in [0.1, 0.15) is 17.5 Å². The Balaban J connectivity index is 2.00. The minimum absolute atomic E-state index is 0.252. The zero-order valence-corrected chi connectivity index (χ0v) is 12.2. The number of halogens is 2. The van der Waals surface area contributed by atoms with Gasteiger partial charge in [-0.05, 0) is 37.0 Å². The van der Waals surface area contributed by atoms with Crippen LogP contribution in [0.25, 0.3) is 0 Å². The van der Waals surface area contributed by atoms with E-state index in [0.29, 0.717) is 17.9 Å². The maximum absolute atomic E-state index is 14.0. The summed E-state index contributed by atoms with van der Waals surface area (Å²) >= 11 is 0. The van der Waals surface area contributed by atoms with Crippen LogP contribution in [0.4, 0.5) is 14.6 Å². The molecule has 2 aromatic rings. The van der Waals surface area contributed by atoms with E-state index in [1.165, 1.54) is 12.1 Å². The number of hydrogen-bond acceptors (Lipinski definition) is 2. The number of rotatable bonds is 3. The van der Waals surface area contributed by atoms with E-state index in [2.05, 4.69) is 24.3 Å². The molecule has 1 atom stereocenters. The molecule has 1 N–H and O–H groups in total. The Morgan fingerprint density at radius 2 is 2.14 bits per heavy atom. The molecule has 5 heteroatoms. The highest BCUT2D eigenvalue weighted by atomic mass is 19.1. The summed E-state index contributed by atoms with van der Waals surface area (Å²) in [5, 5.41) is 7.86. The summed E-state index contributed by atoms with van der Waals surface area (Å²) < 4.78 is 29.3. The number of hydrogen-bond donors (Lipinski definition) is 1. The molecule has 3 nitrogen and oxygen atoms in total. The van der Waals surface area contributed by atoms with Crippen LogP contribution in [0.2, 0.25) is 0 Å². The van der Waals surface area contributed by atoms with Crippen LogP contribution in [0.3, 0.4) is 0 Å². The molecule has 1 aliphatic rings. The topological polar surface area (TPSA) is 29.9 Å². The van der Waals surface area contributed by atoms with Crippen LogP contribution >= 0.6 is 0 Å². The van der Waals surface area contributed by atoms with Crippen molar-refractivity contribution in [3.63, 3.8) is 0 Å².